The third-order valence-electron chi connectivity index (χ3n) is 5.61. The normalized spacial score (nSPS) is 20.5. The Bertz CT molecular complexity index is 862. The van der Waals surface area contributed by atoms with E-state index < -0.39 is 0 Å². The summed E-state index contributed by atoms with van der Waals surface area (Å²) in [6.45, 7) is 5.79. The Hall–Kier alpha value is -2.31. The quantitative estimate of drug-likeness (QED) is 0.798. The summed E-state index contributed by atoms with van der Waals surface area (Å²) in [5.41, 5.74) is 2.37. The highest BCUT2D eigenvalue weighted by molar-refractivity contribution is 6.30. The molecule has 0 radical (unpaired) electrons. The Kier molecular flexibility index (Phi) is 3.98. The number of nitrogens with zero attached hydrogens (tertiary/aromatic N) is 4. The molecule has 0 N–H and O–H groups in total. The third-order valence-corrected chi connectivity index (χ3v) is 5.85. The van der Waals surface area contributed by atoms with Gasteiger partial charge in [-0.1, -0.05) is 11.6 Å². The standard InChI is InChI=1S/C20H21ClN4O2/c21-16-1-2-17-18(9-16)27-8-7-25(17)19(26)24-13-20(14-24)11-23(12-20)10-15-3-5-22-6-4-15/h1-6,9H,7-8,10-14H2. The van der Waals surface area contributed by atoms with Crippen molar-refractivity contribution in [2.75, 3.05) is 44.2 Å². The SMILES string of the molecule is O=C(N1CC2(CN(Cc3ccncc3)C2)C1)N1CCOc2cc(Cl)ccc21. The van der Waals surface area contributed by atoms with E-state index >= 15 is 0 Å². The van der Waals surface area contributed by atoms with Crippen LogP contribution in [0, 0.1) is 5.41 Å². The number of rotatable bonds is 2. The Morgan fingerprint density at radius 3 is 2.70 bits per heavy atom. The average Bonchev–Trinajstić information content (AvgIpc) is 2.62. The Balaban J connectivity index is 1.18. The molecule has 27 heavy (non-hydrogen) atoms. The van der Waals surface area contributed by atoms with Crippen LogP contribution in [0.5, 0.6) is 5.75 Å². The molecule has 0 saturated carbocycles. The number of carbonyl (C=O) groups excluding carboxylic acids is 1. The molecule has 4 heterocycles. The number of halogens is 1. The second-order valence-corrected chi connectivity index (χ2v) is 8.19. The number of fused-ring (bicyclic) bond motifs is 1. The van der Waals surface area contributed by atoms with Crippen LogP contribution in [-0.2, 0) is 6.54 Å². The minimum Gasteiger partial charge on any atom is -0.489 e. The van der Waals surface area contributed by atoms with Crippen LogP contribution < -0.4 is 9.64 Å². The summed E-state index contributed by atoms with van der Waals surface area (Å²) in [6, 6.07) is 9.63. The van der Waals surface area contributed by atoms with Crippen molar-refractivity contribution in [3.8, 4) is 5.75 Å². The zero-order chi connectivity index (χ0) is 18.4. The zero-order valence-electron chi connectivity index (χ0n) is 15.0. The van der Waals surface area contributed by atoms with Crippen LogP contribution >= 0.6 is 11.6 Å². The first-order chi connectivity index (χ1) is 13.1. The first-order valence-corrected chi connectivity index (χ1v) is 9.60. The maximum absolute atomic E-state index is 13.0. The summed E-state index contributed by atoms with van der Waals surface area (Å²) >= 11 is 6.04. The van der Waals surface area contributed by atoms with Gasteiger partial charge in [0, 0.05) is 61.6 Å². The van der Waals surface area contributed by atoms with Crippen LogP contribution in [0.1, 0.15) is 5.56 Å². The molecule has 3 aliphatic rings. The first-order valence-electron chi connectivity index (χ1n) is 9.22. The van der Waals surface area contributed by atoms with Gasteiger partial charge < -0.3 is 9.64 Å². The number of pyridine rings is 1. The maximum atomic E-state index is 13.0. The number of carbonyl (C=O) groups is 1. The summed E-state index contributed by atoms with van der Waals surface area (Å²) in [5.74, 6) is 0.685. The van der Waals surface area contributed by atoms with E-state index in [0.29, 0.717) is 23.9 Å². The third kappa shape index (κ3) is 3.03. The molecular formula is C20H21ClN4O2. The van der Waals surface area contributed by atoms with Gasteiger partial charge in [-0.25, -0.2) is 4.79 Å². The van der Waals surface area contributed by atoms with E-state index in [-0.39, 0.29) is 11.4 Å². The number of likely N-dealkylation sites (tertiary alicyclic amines) is 2. The van der Waals surface area contributed by atoms with Gasteiger partial charge in [0.2, 0.25) is 0 Å². The molecule has 3 aliphatic heterocycles. The second kappa shape index (κ2) is 6.39. The van der Waals surface area contributed by atoms with Crippen molar-refractivity contribution in [1.29, 1.82) is 0 Å². The van der Waals surface area contributed by atoms with Crippen molar-refractivity contribution in [2.24, 2.45) is 5.41 Å². The van der Waals surface area contributed by atoms with Crippen LogP contribution in [0.2, 0.25) is 5.02 Å². The van der Waals surface area contributed by atoms with Crippen molar-refractivity contribution < 1.29 is 9.53 Å². The lowest BCUT2D eigenvalue weighted by atomic mass is 9.73. The molecule has 2 saturated heterocycles. The molecule has 2 fully saturated rings. The van der Waals surface area contributed by atoms with Crippen LogP contribution in [-0.4, -0.2) is 60.1 Å². The van der Waals surface area contributed by atoms with Crippen LogP contribution in [0.25, 0.3) is 0 Å². The van der Waals surface area contributed by atoms with E-state index in [2.05, 4.69) is 22.0 Å². The smallest absolute Gasteiger partial charge is 0.324 e. The monoisotopic (exact) mass is 384 g/mol. The molecular weight excluding hydrogens is 364 g/mol. The van der Waals surface area contributed by atoms with Crippen LogP contribution in [0.3, 0.4) is 0 Å². The number of hydrogen-bond acceptors (Lipinski definition) is 4. The highest BCUT2D eigenvalue weighted by Crippen LogP contribution is 2.42. The average molecular weight is 385 g/mol. The molecule has 140 valence electrons. The molecule has 6 nitrogen and oxygen atoms in total. The Labute approximate surface area is 163 Å². The molecule has 0 unspecified atom stereocenters. The molecule has 0 atom stereocenters. The molecule has 2 amide bonds. The number of anilines is 1. The number of urea groups is 1. The fourth-order valence-corrected chi connectivity index (χ4v) is 4.58. The van der Waals surface area contributed by atoms with E-state index in [0.717, 1.165) is 38.4 Å². The summed E-state index contributed by atoms with van der Waals surface area (Å²) < 4.78 is 5.65. The molecule has 1 aromatic carbocycles. The van der Waals surface area contributed by atoms with Gasteiger partial charge in [0.25, 0.3) is 0 Å². The Morgan fingerprint density at radius 2 is 1.93 bits per heavy atom. The highest BCUT2D eigenvalue weighted by atomic mass is 35.5. The predicted octanol–water partition coefficient (Wildman–Crippen LogP) is 2.87. The molecule has 0 aliphatic carbocycles. The Morgan fingerprint density at radius 1 is 1.15 bits per heavy atom. The van der Waals surface area contributed by atoms with Gasteiger partial charge in [-0.15, -0.1) is 0 Å². The summed E-state index contributed by atoms with van der Waals surface area (Å²) in [5, 5.41) is 0.620. The zero-order valence-corrected chi connectivity index (χ0v) is 15.7. The number of ether oxygens (including phenoxy) is 1. The molecule has 7 heteroatoms. The minimum absolute atomic E-state index is 0.0695. The molecule has 5 rings (SSSR count). The lowest BCUT2D eigenvalue weighted by Gasteiger charge is -2.60. The molecule has 2 aromatic rings. The van der Waals surface area contributed by atoms with Crippen molar-refractivity contribution in [2.45, 2.75) is 6.54 Å². The fourth-order valence-electron chi connectivity index (χ4n) is 4.42. The first kappa shape index (κ1) is 16.8. The van der Waals surface area contributed by atoms with E-state index in [1.165, 1.54) is 5.56 Å². The summed E-state index contributed by atoms with van der Waals surface area (Å²) in [4.78, 5) is 23.2. The van der Waals surface area contributed by atoms with Crippen molar-refractivity contribution >= 4 is 23.3 Å². The van der Waals surface area contributed by atoms with E-state index in [1.807, 2.05) is 28.3 Å². The van der Waals surface area contributed by atoms with Gasteiger partial charge in [-0.05, 0) is 29.8 Å². The highest BCUT2D eigenvalue weighted by Gasteiger charge is 2.53. The van der Waals surface area contributed by atoms with Gasteiger partial charge in [0.1, 0.15) is 12.4 Å². The minimum atomic E-state index is 0.0695. The van der Waals surface area contributed by atoms with Gasteiger partial charge in [-0.2, -0.15) is 0 Å². The van der Waals surface area contributed by atoms with E-state index in [1.54, 1.807) is 12.1 Å². The lowest BCUT2D eigenvalue weighted by Crippen LogP contribution is -2.73. The number of benzene rings is 1. The van der Waals surface area contributed by atoms with Gasteiger partial charge in [0.05, 0.1) is 12.2 Å². The summed E-state index contributed by atoms with van der Waals surface area (Å²) in [6.07, 6.45) is 3.67. The largest absolute Gasteiger partial charge is 0.489 e. The van der Waals surface area contributed by atoms with Gasteiger partial charge in [-0.3, -0.25) is 14.8 Å². The predicted molar refractivity (Wildman–Crippen MR) is 103 cm³/mol. The van der Waals surface area contributed by atoms with Gasteiger partial charge >= 0.3 is 6.03 Å². The van der Waals surface area contributed by atoms with Crippen molar-refractivity contribution in [3.63, 3.8) is 0 Å². The maximum Gasteiger partial charge on any atom is 0.324 e. The van der Waals surface area contributed by atoms with Crippen molar-refractivity contribution in [1.82, 2.24) is 14.8 Å². The summed E-state index contributed by atoms with van der Waals surface area (Å²) in [7, 11) is 0. The van der Waals surface area contributed by atoms with Crippen LogP contribution in [0.15, 0.2) is 42.7 Å². The van der Waals surface area contributed by atoms with Crippen molar-refractivity contribution in [3.05, 3.63) is 53.3 Å². The number of hydrogen-bond donors (Lipinski definition) is 0. The molecule has 0 bridgehead atoms. The molecule has 1 aromatic heterocycles. The lowest BCUT2D eigenvalue weighted by molar-refractivity contribution is -0.0974. The van der Waals surface area contributed by atoms with E-state index in [9.17, 15) is 4.79 Å². The fraction of sp³-hybridized carbons (Fsp3) is 0.400. The number of aromatic nitrogens is 1. The molecule has 1 spiro atoms. The second-order valence-electron chi connectivity index (χ2n) is 7.75. The number of amides is 2. The van der Waals surface area contributed by atoms with Crippen LogP contribution in [0.4, 0.5) is 10.5 Å². The van der Waals surface area contributed by atoms with Gasteiger partial charge in [0.15, 0.2) is 0 Å². The van der Waals surface area contributed by atoms with E-state index in [4.69, 9.17) is 16.3 Å². The topological polar surface area (TPSA) is 48.9 Å².